The Bertz CT molecular complexity index is 1190. The van der Waals surface area contributed by atoms with E-state index in [4.69, 9.17) is 5.26 Å². The summed E-state index contributed by atoms with van der Waals surface area (Å²) in [5, 5.41) is 21.6. The average Bonchev–Trinajstić information content (AvgIpc) is 3.19. The predicted octanol–water partition coefficient (Wildman–Crippen LogP) is 2.41. The maximum Gasteiger partial charge on any atom is 0.267 e. The summed E-state index contributed by atoms with van der Waals surface area (Å²) in [6.45, 7) is 0.206. The molecule has 0 N–H and O–H groups in total. The molecule has 2 aromatic carbocycles. The number of hydrogen-bond donors (Lipinski definition) is 0. The van der Waals surface area contributed by atoms with Gasteiger partial charge in [0, 0.05) is 11.6 Å². The molecule has 2 heterocycles. The zero-order chi connectivity index (χ0) is 18.6. The molecule has 0 saturated carbocycles. The van der Waals surface area contributed by atoms with Crippen LogP contribution in [0.25, 0.3) is 16.9 Å². The van der Waals surface area contributed by atoms with Crippen molar-refractivity contribution in [3.05, 3.63) is 94.5 Å². The van der Waals surface area contributed by atoms with Crippen LogP contribution in [-0.4, -0.2) is 24.8 Å². The number of rotatable bonds is 4. The molecule has 0 atom stereocenters. The van der Waals surface area contributed by atoms with Gasteiger partial charge in [0.15, 0.2) is 0 Å². The minimum absolute atomic E-state index is 0.206. The Hall–Kier alpha value is -4.05. The van der Waals surface area contributed by atoms with Gasteiger partial charge in [0.25, 0.3) is 5.56 Å². The van der Waals surface area contributed by atoms with Gasteiger partial charge < -0.3 is 0 Å². The predicted molar refractivity (Wildman–Crippen MR) is 99.1 cm³/mol. The third-order valence-corrected chi connectivity index (χ3v) is 4.03. The third kappa shape index (κ3) is 3.50. The largest absolute Gasteiger partial charge is 0.268 e. The summed E-state index contributed by atoms with van der Waals surface area (Å²) < 4.78 is 2.94. The molecular formula is C20H14N6O. The molecule has 0 bridgehead atoms. The number of nitrogens with zero attached hydrogens (tertiary/aromatic N) is 6. The summed E-state index contributed by atoms with van der Waals surface area (Å²) in [6.07, 6.45) is 1.72. The minimum atomic E-state index is -0.212. The molecule has 0 saturated heterocycles. The molecule has 7 heteroatoms. The molecule has 0 fully saturated rings. The van der Waals surface area contributed by atoms with E-state index in [0.29, 0.717) is 17.0 Å². The van der Waals surface area contributed by atoms with Crippen LogP contribution in [0.15, 0.2) is 77.7 Å². The molecule has 4 rings (SSSR count). The number of nitriles is 1. The molecule has 0 aliphatic heterocycles. The first kappa shape index (κ1) is 16.4. The molecule has 4 aromatic rings. The maximum absolute atomic E-state index is 12.2. The molecule has 130 valence electrons. The van der Waals surface area contributed by atoms with E-state index >= 15 is 0 Å². The van der Waals surface area contributed by atoms with Crippen LogP contribution in [0.1, 0.15) is 11.3 Å². The molecule has 7 nitrogen and oxygen atoms in total. The van der Waals surface area contributed by atoms with Crippen molar-refractivity contribution < 1.29 is 0 Å². The first-order valence-electron chi connectivity index (χ1n) is 8.28. The molecule has 0 amide bonds. The average molecular weight is 354 g/mol. The van der Waals surface area contributed by atoms with Crippen molar-refractivity contribution in [3.8, 4) is 23.0 Å². The van der Waals surface area contributed by atoms with E-state index in [0.717, 1.165) is 11.3 Å². The monoisotopic (exact) mass is 354 g/mol. The lowest BCUT2D eigenvalue weighted by Gasteiger charge is -2.05. The second-order valence-electron chi connectivity index (χ2n) is 5.90. The van der Waals surface area contributed by atoms with Gasteiger partial charge in [0.1, 0.15) is 5.69 Å². The summed E-state index contributed by atoms with van der Waals surface area (Å²) >= 11 is 0. The highest BCUT2D eigenvalue weighted by Crippen LogP contribution is 2.14. The molecule has 0 unspecified atom stereocenters. The lowest BCUT2D eigenvalue weighted by molar-refractivity contribution is 0.629. The van der Waals surface area contributed by atoms with Crippen LogP contribution in [0.5, 0.6) is 0 Å². The second kappa shape index (κ2) is 7.06. The van der Waals surface area contributed by atoms with Gasteiger partial charge in [-0.3, -0.25) is 4.79 Å². The Morgan fingerprint density at radius 1 is 1.00 bits per heavy atom. The van der Waals surface area contributed by atoms with Crippen molar-refractivity contribution in [2.45, 2.75) is 6.54 Å². The van der Waals surface area contributed by atoms with Crippen LogP contribution < -0.4 is 5.56 Å². The Balaban J connectivity index is 1.63. The number of aromatic nitrogens is 5. The van der Waals surface area contributed by atoms with Gasteiger partial charge in [-0.05, 0) is 24.3 Å². The highest BCUT2D eigenvalue weighted by molar-refractivity contribution is 5.57. The lowest BCUT2D eigenvalue weighted by Crippen LogP contribution is -2.23. The minimum Gasteiger partial charge on any atom is -0.268 e. The summed E-state index contributed by atoms with van der Waals surface area (Å²) in [5.74, 6) is 0. The SMILES string of the molecule is N#Cc1cccc(-n2cc(Cn3nc(-c4ccccc4)ccc3=O)nn2)c1. The van der Waals surface area contributed by atoms with Crippen molar-refractivity contribution in [2.75, 3.05) is 0 Å². The first-order chi connectivity index (χ1) is 13.2. The summed E-state index contributed by atoms with van der Waals surface area (Å²) in [5.41, 5.74) is 3.30. The Kier molecular flexibility index (Phi) is 4.29. The topological polar surface area (TPSA) is 89.4 Å². The molecule has 0 aliphatic carbocycles. The van der Waals surface area contributed by atoms with Crippen molar-refractivity contribution in [1.29, 1.82) is 5.26 Å². The van der Waals surface area contributed by atoms with E-state index < -0.39 is 0 Å². The van der Waals surface area contributed by atoms with Crippen molar-refractivity contribution in [2.24, 2.45) is 0 Å². The number of hydrogen-bond acceptors (Lipinski definition) is 5. The fourth-order valence-electron chi connectivity index (χ4n) is 2.69. The van der Waals surface area contributed by atoms with Crippen LogP contribution in [0.2, 0.25) is 0 Å². The van der Waals surface area contributed by atoms with Gasteiger partial charge in [-0.2, -0.15) is 10.4 Å². The second-order valence-corrected chi connectivity index (χ2v) is 5.90. The van der Waals surface area contributed by atoms with Crippen molar-refractivity contribution in [1.82, 2.24) is 24.8 Å². The van der Waals surface area contributed by atoms with Crippen LogP contribution in [0.4, 0.5) is 0 Å². The van der Waals surface area contributed by atoms with E-state index in [9.17, 15) is 4.79 Å². The van der Waals surface area contributed by atoms with Gasteiger partial charge in [-0.15, -0.1) is 5.10 Å². The van der Waals surface area contributed by atoms with E-state index in [1.807, 2.05) is 36.4 Å². The third-order valence-electron chi connectivity index (χ3n) is 4.03. The van der Waals surface area contributed by atoms with E-state index in [-0.39, 0.29) is 12.1 Å². The first-order valence-corrected chi connectivity index (χ1v) is 8.28. The van der Waals surface area contributed by atoms with Crippen molar-refractivity contribution in [3.63, 3.8) is 0 Å². The van der Waals surface area contributed by atoms with E-state index in [2.05, 4.69) is 21.5 Å². The summed E-state index contributed by atoms with van der Waals surface area (Å²) in [4.78, 5) is 12.2. The lowest BCUT2D eigenvalue weighted by atomic mass is 10.1. The zero-order valence-corrected chi connectivity index (χ0v) is 14.2. The van der Waals surface area contributed by atoms with Gasteiger partial charge in [-0.25, -0.2) is 9.36 Å². The number of benzene rings is 2. The Morgan fingerprint density at radius 2 is 1.85 bits per heavy atom. The van der Waals surface area contributed by atoms with Gasteiger partial charge >= 0.3 is 0 Å². The molecular weight excluding hydrogens is 340 g/mol. The fourth-order valence-corrected chi connectivity index (χ4v) is 2.69. The van der Waals surface area contributed by atoms with Crippen LogP contribution in [0, 0.1) is 11.3 Å². The van der Waals surface area contributed by atoms with Crippen LogP contribution in [0.3, 0.4) is 0 Å². The Morgan fingerprint density at radius 3 is 2.67 bits per heavy atom. The summed E-state index contributed by atoms with van der Waals surface area (Å²) in [7, 11) is 0. The Labute approximate surface area is 154 Å². The quantitative estimate of drug-likeness (QED) is 0.561. The molecule has 0 aliphatic rings. The van der Waals surface area contributed by atoms with Gasteiger partial charge in [0.05, 0.1) is 35.8 Å². The molecule has 0 spiro atoms. The molecule has 27 heavy (non-hydrogen) atoms. The fraction of sp³-hybridized carbons (Fsp3) is 0.0500. The smallest absolute Gasteiger partial charge is 0.267 e. The van der Waals surface area contributed by atoms with Crippen molar-refractivity contribution >= 4 is 0 Å². The van der Waals surface area contributed by atoms with E-state index in [1.54, 1.807) is 35.1 Å². The maximum atomic E-state index is 12.2. The highest BCUT2D eigenvalue weighted by atomic mass is 16.1. The molecule has 0 radical (unpaired) electrons. The van der Waals surface area contributed by atoms with Crippen LogP contribution in [-0.2, 0) is 6.54 Å². The normalized spacial score (nSPS) is 10.5. The highest BCUT2D eigenvalue weighted by Gasteiger charge is 2.08. The van der Waals surface area contributed by atoms with E-state index in [1.165, 1.54) is 10.7 Å². The van der Waals surface area contributed by atoms with Gasteiger partial charge in [0.2, 0.25) is 0 Å². The van der Waals surface area contributed by atoms with Crippen LogP contribution >= 0.6 is 0 Å². The zero-order valence-electron chi connectivity index (χ0n) is 14.2. The standard InChI is InChI=1S/C20H14N6O/c21-12-15-5-4-8-18(11-15)25-13-17(22-24-25)14-26-20(27)10-9-19(23-26)16-6-2-1-3-7-16/h1-11,13H,14H2. The van der Waals surface area contributed by atoms with Gasteiger partial charge in [-0.1, -0.05) is 41.6 Å². The molecule has 2 aromatic heterocycles. The summed E-state index contributed by atoms with van der Waals surface area (Å²) in [6, 6.07) is 22.0.